The molecule has 0 amide bonds. The Kier molecular flexibility index (Phi) is 4.69. The molecule has 1 aliphatic carbocycles. The van der Waals surface area contributed by atoms with Gasteiger partial charge in [0, 0.05) is 6.04 Å². The van der Waals surface area contributed by atoms with E-state index in [-0.39, 0.29) is 0 Å². The van der Waals surface area contributed by atoms with Crippen molar-refractivity contribution in [3.05, 3.63) is 27.2 Å². The second kappa shape index (κ2) is 5.90. The van der Waals surface area contributed by atoms with E-state index in [9.17, 15) is 0 Å². The van der Waals surface area contributed by atoms with Crippen LogP contribution in [0.25, 0.3) is 0 Å². The van der Waals surface area contributed by atoms with Gasteiger partial charge in [0.25, 0.3) is 0 Å². The van der Waals surface area contributed by atoms with Crippen molar-refractivity contribution in [1.82, 2.24) is 0 Å². The van der Waals surface area contributed by atoms with Crippen molar-refractivity contribution in [2.45, 2.75) is 39.2 Å². The highest BCUT2D eigenvalue weighted by Gasteiger charge is 2.24. The predicted octanol–water partition coefficient (Wildman–Crippen LogP) is 5.88. The van der Waals surface area contributed by atoms with Gasteiger partial charge >= 0.3 is 0 Å². The fourth-order valence-corrected chi connectivity index (χ4v) is 3.13. The Morgan fingerprint density at radius 1 is 0.944 bits per heavy atom. The SMILES string of the molecule is CC1CCC(Nc2cc(Cl)c(Cl)cc2Cl)CC1C. The lowest BCUT2D eigenvalue weighted by Crippen LogP contribution is -2.30. The van der Waals surface area contributed by atoms with Gasteiger partial charge in [0.1, 0.15) is 0 Å². The lowest BCUT2D eigenvalue weighted by atomic mass is 9.79. The van der Waals surface area contributed by atoms with Gasteiger partial charge in [-0.1, -0.05) is 48.7 Å². The lowest BCUT2D eigenvalue weighted by molar-refractivity contribution is 0.261. The van der Waals surface area contributed by atoms with Crippen molar-refractivity contribution < 1.29 is 0 Å². The molecule has 18 heavy (non-hydrogen) atoms. The minimum absolute atomic E-state index is 0.478. The molecule has 0 heterocycles. The highest BCUT2D eigenvalue weighted by Crippen LogP contribution is 2.35. The summed E-state index contributed by atoms with van der Waals surface area (Å²) in [5.74, 6) is 1.56. The first-order valence-electron chi connectivity index (χ1n) is 6.38. The number of anilines is 1. The summed E-state index contributed by atoms with van der Waals surface area (Å²) < 4.78 is 0. The van der Waals surface area contributed by atoms with E-state index in [1.54, 1.807) is 6.07 Å². The molecule has 0 saturated heterocycles. The van der Waals surface area contributed by atoms with Gasteiger partial charge < -0.3 is 5.32 Å². The first-order chi connectivity index (χ1) is 8.47. The normalized spacial score (nSPS) is 28.2. The van der Waals surface area contributed by atoms with Gasteiger partial charge in [-0.05, 0) is 43.2 Å². The van der Waals surface area contributed by atoms with Gasteiger partial charge in [0.2, 0.25) is 0 Å². The van der Waals surface area contributed by atoms with Gasteiger partial charge in [-0.25, -0.2) is 0 Å². The summed E-state index contributed by atoms with van der Waals surface area (Å²) in [6, 6.07) is 3.99. The van der Waals surface area contributed by atoms with Gasteiger partial charge in [0.05, 0.1) is 20.8 Å². The van der Waals surface area contributed by atoms with Crippen molar-refractivity contribution in [1.29, 1.82) is 0 Å². The molecule has 0 spiro atoms. The molecule has 0 aromatic heterocycles. The molecule has 0 radical (unpaired) electrons. The van der Waals surface area contributed by atoms with Crippen molar-refractivity contribution >= 4 is 40.5 Å². The van der Waals surface area contributed by atoms with Crippen LogP contribution < -0.4 is 5.32 Å². The van der Waals surface area contributed by atoms with Crippen LogP contribution in [0.1, 0.15) is 33.1 Å². The molecule has 100 valence electrons. The van der Waals surface area contributed by atoms with E-state index in [1.165, 1.54) is 19.3 Å². The quantitative estimate of drug-likeness (QED) is 0.672. The van der Waals surface area contributed by atoms with E-state index in [4.69, 9.17) is 34.8 Å². The summed E-state index contributed by atoms with van der Waals surface area (Å²) in [5, 5.41) is 5.17. The minimum atomic E-state index is 0.478. The van der Waals surface area contributed by atoms with Gasteiger partial charge in [-0.2, -0.15) is 0 Å². The van der Waals surface area contributed by atoms with Crippen LogP contribution in [-0.2, 0) is 0 Å². The van der Waals surface area contributed by atoms with Crippen LogP contribution in [0.2, 0.25) is 15.1 Å². The van der Waals surface area contributed by atoms with E-state index in [0.717, 1.165) is 17.5 Å². The summed E-state index contributed by atoms with van der Waals surface area (Å²) in [6.07, 6.45) is 3.62. The van der Waals surface area contributed by atoms with Crippen LogP contribution in [0.3, 0.4) is 0 Å². The zero-order valence-electron chi connectivity index (χ0n) is 10.6. The molecule has 0 bridgehead atoms. The molecule has 1 nitrogen and oxygen atoms in total. The van der Waals surface area contributed by atoms with E-state index in [2.05, 4.69) is 19.2 Å². The maximum atomic E-state index is 6.18. The molecule has 1 aromatic rings. The smallest absolute Gasteiger partial charge is 0.0653 e. The van der Waals surface area contributed by atoms with Crippen LogP contribution in [0.4, 0.5) is 5.69 Å². The van der Waals surface area contributed by atoms with Crippen molar-refractivity contribution in [2.24, 2.45) is 11.8 Å². The van der Waals surface area contributed by atoms with E-state index in [0.29, 0.717) is 21.1 Å². The van der Waals surface area contributed by atoms with Crippen LogP contribution >= 0.6 is 34.8 Å². The van der Waals surface area contributed by atoms with Crippen LogP contribution in [-0.4, -0.2) is 6.04 Å². The largest absolute Gasteiger partial charge is 0.381 e. The third kappa shape index (κ3) is 3.26. The van der Waals surface area contributed by atoms with Crippen LogP contribution in [0.15, 0.2) is 12.1 Å². The molecule has 3 unspecified atom stereocenters. The van der Waals surface area contributed by atoms with E-state index in [1.807, 2.05) is 6.07 Å². The summed E-state index contributed by atoms with van der Waals surface area (Å²) in [7, 11) is 0. The zero-order chi connectivity index (χ0) is 13.3. The highest BCUT2D eigenvalue weighted by atomic mass is 35.5. The monoisotopic (exact) mass is 305 g/mol. The number of hydrogen-bond acceptors (Lipinski definition) is 1. The van der Waals surface area contributed by atoms with E-state index < -0.39 is 0 Å². The van der Waals surface area contributed by atoms with E-state index >= 15 is 0 Å². The third-order valence-electron chi connectivity index (χ3n) is 3.97. The Labute approximate surface area is 124 Å². The Morgan fingerprint density at radius 2 is 1.61 bits per heavy atom. The van der Waals surface area contributed by atoms with Crippen LogP contribution in [0.5, 0.6) is 0 Å². The molecule has 1 fully saturated rings. The van der Waals surface area contributed by atoms with Crippen molar-refractivity contribution in [2.75, 3.05) is 5.32 Å². The number of benzene rings is 1. The minimum Gasteiger partial charge on any atom is -0.381 e. The van der Waals surface area contributed by atoms with Crippen molar-refractivity contribution in [3.8, 4) is 0 Å². The van der Waals surface area contributed by atoms with Gasteiger partial charge in [-0.15, -0.1) is 0 Å². The summed E-state index contributed by atoms with van der Waals surface area (Å²) >= 11 is 18.1. The molecule has 2 rings (SSSR count). The Hall–Kier alpha value is -0.110. The number of rotatable bonds is 2. The summed E-state index contributed by atoms with van der Waals surface area (Å²) in [6.45, 7) is 4.64. The number of halogens is 3. The molecule has 4 heteroatoms. The summed E-state index contributed by atoms with van der Waals surface area (Å²) in [5.41, 5.74) is 0.887. The molecule has 1 saturated carbocycles. The average Bonchev–Trinajstić information content (AvgIpc) is 2.31. The Balaban J connectivity index is 2.08. The number of hydrogen-bond donors (Lipinski definition) is 1. The molecular weight excluding hydrogens is 289 g/mol. The molecule has 1 aliphatic rings. The average molecular weight is 307 g/mol. The first kappa shape index (κ1) is 14.3. The molecule has 1 aromatic carbocycles. The molecule has 1 N–H and O–H groups in total. The maximum Gasteiger partial charge on any atom is 0.0653 e. The fourth-order valence-electron chi connectivity index (χ4n) is 2.53. The first-order valence-corrected chi connectivity index (χ1v) is 7.52. The lowest BCUT2D eigenvalue weighted by Gasteiger charge is -2.33. The highest BCUT2D eigenvalue weighted by molar-refractivity contribution is 6.44. The Morgan fingerprint density at radius 3 is 2.28 bits per heavy atom. The second-order valence-electron chi connectivity index (χ2n) is 5.36. The topological polar surface area (TPSA) is 12.0 Å². The Bertz CT molecular complexity index is 433. The summed E-state index contributed by atoms with van der Waals surface area (Å²) in [4.78, 5) is 0. The molecule has 0 aliphatic heterocycles. The predicted molar refractivity (Wildman–Crippen MR) is 81.1 cm³/mol. The van der Waals surface area contributed by atoms with Gasteiger partial charge in [0.15, 0.2) is 0 Å². The maximum absolute atomic E-state index is 6.18. The third-order valence-corrected chi connectivity index (χ3v) is 5.00. The number of nitrogens with one attached hydrogen (secondary N) is 1. The van der Waals surface area contributed by atoms with Crippen LogP contribution in [0, 0.1) is 11.8 Å². The zero-order valence-corrected chi connectivity index (χ0v) is 12.9. The standard InChI is InChI=1S/C14H18Cl3N/c1-8-3-4-10(5-9(8)2)18-14-7-12(16)11(15)6-13(14)17/h6-10,18H,3-5H2,1-2H3. The fraction of sp³-hybridized carbons (Fsp3) is 0.571. The van der Waals surface area contributed by atoms with Crippen molar-refractivity contribution in [3.63, 3.8) is 0 Å². The molecular formula is C14H18Cl3N. The second-order valence-corrected chi connectivity index (χ2v) is 6.58. The van der Waals surface area contributed by atoms with Gasteiger partial charge in [-0.3, -0.25) is 0 Å². The molecule has 3 atom stereocenters.